The summed E-state index contributed by atoms with van der Waals surface area (Å²) in [6, 6.07) is 5.84. The summed E-state index contributed by atoms with van der Waals surface area (Å²) in [5.41, 5.74) is 3.23. The van der Waals surface area contributed by atoms with Gasteiger partial charge in [-0.2, -0.15) is 4.31 Å². The molecule has 0 bridgehead atoms. The van der Waals surface area contributed by atoms with E-state index in [-0.39, 0.29) is 5.75 Å². The summed E-state index contributed by atoms with van der Waals surface area (Å²) in [7, 11) is -3.13. The quantitative estimate of drug-likeness (QED) is 0.882. The molecule has 1 aromatic heterocycles. The second kappa shape index (κ2) is 6.67. The molecule has 0 aliphatic carbocycles. The van der Waals surface area contributed by atoms with Crippen LogP contribution < -0.4 is 0 Å². The van der Waals surface area contributed by atoms with Crippen LogP contribution in [0.1, 0.15) is 31.7 Å². The highest BCUT2D eigenvalue weighted by Gasteiger charge is 2.24. The molecule has 1 aromatic carbocycles. The van der Waals surface area contributed by atoms with E-state index < -0.39 is 10.0 Å². The van der Waals surface area contributed by atoms with Crippen molar-refractivity contribution >= 4 is 38.1 Å². The summed E-state index contributed by atoms with van der Waals surface area (Å²) in [6.07, 6.45) is 6.32. The van der Waals surface area contributed by atoms with Crippen molar-refractivity contribution in [2.24, 2.45) is 0 Å². The first kappa shape index (κ1) is 16.6. The maximum atomic E-state index is 12.3. The Hall–Kier alpha value is -1.30. The number of rotatable bonds is 5. The third kappa shape index (κ3) is 3.32. The molecule has 2 heterocycles. The van der Waals surface area contributed by atoms with Crippen molar-refractivity contribution in [3.63, 3.8) is 0 Å². The van der Waals surface area contributed by atoms with Crippen molar-refractivity contribution in [2.75, 3.05) is 18.8 Å². The molecule has 4 nitrogen and oxygen atoms in total. The Kier molecular flexibility index (Phi) is 4.80. The van der Waals surface area contributed by atoms with Crippen LogP contribution in [0.2, 0.25) is 5.02 Å². The standard InChI is InChI=1S/C17H21ClN2O2S/c1-2-3-11-23(21,22)20-9-7-13(8-10-20)15-12-19-17-14(15)5-4-6-16(17)18/h4-7,12,19H,2-3,8-11H2,1H3. The molecule has 0 unspecified atom stereocenters. The molecule has 0 saturated heterocycles. The van der Waals surface area contributed by atoms with Gasteiger partial charge in [0.1, 0.15) is 0 Å². The monoisotopic (exact) mass is 352 g/mol. The van der Waals surface area contributed by atoms with E-state index in [0.717, 1.165) is 35.7 Å². The summed E-state index contributed by atoms with van der Waals surface area (Å²) in [5, 5.41) is 1.79. The fraction of sp³-hybridized carbons (Fsp3) is 0.412. The molecule has 124 valence electrons. The smallest absolute Gasteiger partial charge is 0.214 e. The van der Waals surface area contributed by atoms with Crippen LogP contribution >= 0.6 is 11.6 Å². The lowest BCUT2D eigenvalue weighted by atomic mass is 10.00. The lowest BCUT2D eigenvalue weighted by Gasteiger charge is -2.25. The van der Waals surface area contributed by atoms with Gasteiger partial charge in [-0.1, -0.05) is 43.2 Å². The number of aromatic amines is 1. The SMILES string of the molecule is CCCCS(=O)(=O)N1CC=C(c2c[nH]c3c(Cl)cccc23)CC1. The molecular weight excluding hydrogens is 332 g/mol. The van der Waals surface area contributed by atoms with Gasteiger partial charge in [0.2, 0.25) is 10.0 Å². The van der Waals surface area contributed by atoms with E-state index in [1.165, 1.54) is 5.57 Å². The van der Waals surface area contributed by atoms with Gasteiger partial charge >= 0.3 is 0 Å². The van der Waals surface area contributed by atoms with Crippen LogP contribution in [0.5, 0.6) is 0 Å². The molecule has 0 amide bonds. The molecule has 1 aliphatic rings. The molecule has 0 fully saturated rings. The third-order valence-electron chi connectivity index (χ3n) is 4.33. The number of sulfonamides is 1. The highest BCUT2D eigenvalue weighted by atomic mass is 35.5. The van der Waals surface area contributed by atoms with Gasteiger partial charge in [-0.15, -0.1) is 0 Å². The highest BCUT2D eigenvalue weighted by Crippen LogP contribution is 2.32. The van der Waals surface area contributed by atoms with Gasteiger partial charge in [0.15, 0.2) is 0 Å². The number of hydrogen-bond acceptors (Lipinski definition) is 2. The number of H-pyrrole nitrogens is 1. The number of halogens is 1. The van der Waals surface area contributed by atoms with E-state index >= 15 is 0 Å². The van der Waals surface area contributed by atoms with Crippen LogP contribution in [-0.2, 0) is 10.0 Å². The second-order valence-electron chi connectivity index (χ2n) is 5.87. The molecule has 1 aliphatic heterocycles. The van der Waals surface area contributed by atoms with Gasteiger partial charge < -0.3 is 4.98 Å². The Morgan fingerprint density at radius 2 is 2.17 bits per heavy atom. The van der Waals surface area contributed by atoms with E-state index in [4.69, 9.17) is 11.6 Å². The van der Waals surface area contributed by atoms with Gasteiger partial charge in [-0.3, -0.25) is 0 Å². The van der Waals surface area contributed by atoms with Crippen LogP contribution in [0.4, 0.5) is 0 Å². The number of nitrogens with zero attached hydrogens (tertiary/aromatic N) is 1. The summed E-state index contributed by atoms with van der Waals surface area (Å²) < 4.78 is 26.1. The molecular formula is C17H21ClN2O2S. The van der Waals surface area contributed by atoms with Crippen LogP contribution in [0.15, 0.2) is 30.5 Å². The summed E-state index contributed by atoms with van der Waals surface area (Å²) >= 11 is 6.20. The van der Waals surface area contributed by atoms with E-state index in [0.29, 0.717) is 18.1 Å². The molecule has 6 heteroatoms. The zero-order valence-corrected chi connectivity index (χ0v) is 14.8. The van der Waals surface area contributed by atoms with Gasteiger partial charge in [0, 0.05) is 30.2 Å². The molecule has 1 N–H and O–H groups in total. The van der Waals surface area contributed by atoms with E-state index in [1.54, 1.807) is 4.31 Å². The largest absolute Gasteiger partial charge is 0.359 e. The first-order chi connectivity index (χ1) is 11.0. The molecule has 23 heavy (non-hydrogen) atoms. The maximum Gasteiger partial charge on any atom is 0.214 e. The number of unbranched alkanes of at least 4 members (excludes halogenated alkanes) is 1. The first-order valence-corrected chi connectivity index (χ1v) is 9.94. The Bertz CT molecular complexity index is 839. The topological polar surface area (TPSA) is 53.2 Å². The zero-order valence-electron chi connectivity index (χ0n) is 13.2. The van der Waals surface area contributed by atoms with Crippen molar-refractivity contribution in [1.29, 1.82) is 0 Å². The van der Waals surface area contributed by atoms with Gasteiger partial charge in [0.25, 0.3) is 0 Å². The average Bonchev–Trinajstić information content (AvgIpc) is 2.98. The lowest BCUT2D eigenvalue weighted by molar-refractivity contribution is 0.440. The lowest BCUT2D eigenvalue weighted by Crippen LogP contribution is -2.36. The molecule has 0 atom stereocenters. The number of hydrogen-bond donors (Lipinski definition) is 1. The minimum atomic E-state index is -3.13. The Labute approximate surface area is 142 Å². The van der Waals surface area contributed by atoms with Crippen molar-refractivity contribution in [3.8, 4) is 0 Å². The third-order valence-corrected chi connectivity index (χ3v) is 6.57. The maximum absolute atomic E-state index is 12.3. The first-order valence-electron chi connectivity index (χ1n) is 7.95. The zero-order chi connectivity index (χ0) is 16.4. The minimum absolute atomic E-state index is 0.245. The molecule has 2 aromatic rings. The number of nitrogens with one attached hydrogen (secondary N) is 1. The van der Waals surface area contributed by atoms with Crippen LogP contribution in [0.25, 0.3) is 16.5 Å². The summed E-state index contributed by atoms with van der Waals surface area (Å²) in [6.45, 7) is 3.01. The Morgan fingerprint density at radius 1 is 1.35 bits per heavy atom. The molecule has 0 radical (unpaired) electrons. The predicted octanol–water partition coefficient (Wildman–Crippen LogP) is 4.04. The van der Waals surface area contributed by atoms with E-state index in [2.05, 4.69) is 4.98 Å². The van der Waals surface area contributed by atoms with E-state index in [9.17, 15) is 8.42 Å². The van der Waals surface area contributed by atoms with Gasteiger partial charge in [-0.25, -0.2) is 8.42 Å². The molecule has 0 spiro atoms. The molecule has 3 rings (SSSR count). The van der Waals surface area contributed by atoms with Crippen LogP contribution in [0.3, 0.4) is 0 Å². The predicted molar refractivity (Wildman–Crippen MR) is 96.2 cm³/mol. The number of aromatic nitrogens is 1. The fourth-order valence-electron chi connectivity index (χ4n) is 2.99. The molecule has 0 saturated carbocycles. The van der Waals surface area contributed by atoms with Gasteiger partial charge in [-0.05, 0) is 24.5 Å². The number of fused-ring (bicyclic) bond motifs is 1. The van der Waals surface area contributed by atoms with E-state index in [1.807, 2.05) is 37.4 Å². The second-order valence-corrected chi connectivity index (χ2v) is 8.37. The fourth-order valence-corrected chi connectivity index (χ4v) is 4.80. The van der Waals surface area contributed by atoms with Crippen molar-refractivity contribution in [3.05, 3.63) is 41.1 Å². The average molecular weight is 353 g/mol. The minimum Gasteiger partial charge on any atom is -0.359 e. The summed E-state index contributed by atoms with van der Waals surface area (Å²) in [5.74, 6) is 0.245. The van der Waals surface area contributed by atoms with Crippen LogP contribution in [0, 0.1) is 0 Å². The number of para-hydroxylation sites is 1. The van der Waals surface area contributed by atoms with Gasteiger partial charge in [0.05, 0.1) is 16.3 Å². The van der Waals surface area contributed by atoms with Crippen molar-refractivity contribution in [2.45, 2.75) is 26.2 Å². The van der Waals surface area contributed by atoms with Crippen molar-refractivity contribution in [1.82, 2.24) is 9.29 Å². The summed E-state index contributed by atoms with van der Waals surface area (Å²) in [4.78, 5) is 3.22. The normalized spacial score (nSPS) is 16.7. The Balaban J connectivity index is 1.82. The number of benzene rings is 1. The highest BCUT2D eigenvalue weighted by molar-refractivity contribution is 7.89. The van der Waals surface area contributed by atoms with Crippen LogP contribution in [-0.4, -0.2) is 36.5 Å². The Morgan fingerprint density at radius 3 is 2.87 bits per heavy atom. The van der Waals surface area contributed by atoms with Crippen molar-refractivity contribution < 1.29 is 8.42 Å².